The van der Waals surface area contributed by atoms with Gasteiger partial charge in [-0.3, -0.25) is 0 Å². The van der Waals surface area contributed by atoms with Crippen molar-refractivity contribution >= 4 is 0 Å². The first-order valence-corrected chi connectivity index (χ1v) is 3.88. The third-order valence-electron chi connectivity index (χ3n) is 1.36. The van der Waals surface area contributed by atoms with E-state index in [1.54, 1.807) is 10.7 Å². The predicted molar refractivity (Wildman–Crippen MR) is 45.7 cm³/mol. The molecule has 0 bridgehead atoms. The summed E-state index contributed by atoms with van der Waals surface area (Å²) in [4.78, 5) is 0. The third-order valence-corrected chi connectivity index (χ3v) is 1.36. The lowest BCUT2D eigenvalue weighted by Crippen LogP contribution is -2.04. The second-order valence-corrected chi connectivity index (χ2v) is 2.33. The Morgan fingerprint density at radius 2 is 2.67 bits per heavy atom. The van der Waals surface area contributed by atoms with E-state index in [2.05, 4.69) is 24.1 Å². The molecule has 1 radical (unpaired) electrons. The van der Waals surface area contributed by atoms with Crippen molar-refractivity contribution in [1.82, 2.24) is 9.78 Å². The fourth-order valence-corrected chi connectivity index (χ4v) is 0.881. The van der Waals surface area contributed by atoms with Crippen LogP contribution < -0.4 is 4.74 Å². The number of rotatable bonds is 4. The molecular formula is C9H11N2O. The lowest BCUT2D eigenvalue weighted by Gasteiger charge is -2.04. The van der Waals surface area contributed by atoms with Gasteiger partial charge < -0.3 is 4.74 Å². The maximum Gasteiger partial charge on any atom is 0.213 e. The van der Waals surface area contributed by atoms with Crippen molar-refractivity contribution in [3.63, 3.8) is 0 Å². The van der Waals surface area contributed by atoms with Gasteiger partial charge in [-0.1, -0.05) is 12.8 Å². The summed E-state index contributed by atoms with van der Waals surface area (Å²) in [6, 6.07) is 1.69. The molecule has 0 unspecified atom stereocenters. The van der Waals surface area contributed by atoms with Gasteiger partial charge in [0.15, 0.2) is 6.61 Å². The second-order valence-electron chi connectivity index (χ2n) is 2.33. The number of ether oxygens (including phenoxy) is 1. The molecule has 1 rings (SSSR count). The normalized spacial score (nSPS) is 9.33. The van der Waals surface area contributed by atoms with E-state index >= 15 is 0 Å². The van der Waals surface area contributed by atoms with Crippen LogP contribution in [0, 0.1) is 18.5 Å². The Kier molecular flexibility index (Phi) is 3.21. The average molecular weight is 163 g/mol. The molecule has 3 heteroatoms. The molecule has 0 fully saturated rings. The van der Waals surface area contributed by atoms with E-state index < -0.39 is 0 Å². The Morgan fingerprint density at radius 3 is 3.33 bits per heavy atom. The van der Waals surface area contributed by atoms with Gasteiger partial charge in [0.2, 0.25) is 5.88 Å². The highest BCUT2D eigenvalue weighted by molar-refractivity contribution is 5.07. The standard InChI is InChI=1S/C9H11N2O/c1-3-7-11-9(5-6-10-11)12-8-4-2/h2,5H,3,7-8H2,1H3. The lowest BCUT2D eigenvalue weighted by molar-refractivity contribution is 0.324. The highest BCUT2D eigenvalue weighted by Gasteiger charge is 2.00. The fourth-order valence-electron chi connectivity index (χ4n) is 0.881. The number of terminal acetylenes is 1. The van der Waals surface area contributed by atoms with Crippen LogP contribution in [0.3, 0.4) is 0 Å². The van der Waals surface area contributed by atoms with E-state index in [0.717, 1.165) is 13.0 Å². The van der Waals surface area contributed by atoms with Crippen molar-refractivity contribution in [2.45, 2.75) is 19.9 Å². The summed E-state index contributed by atoms with van der Waals surface area (Å²) < 4.78 is 6.96. The minimum absolute atomic E-state index is 0.281. The quantitative estimate of drug-likeness (QED) is 0.621. The van der Waals surface area contributed by atoms with Crippen molar-refractivity contribution in [2.24, 2.45) is 0 Å². The van der Waals surface area contributed by atoms with Crippen LogP contribution >= 0.6 is 0 Å². The summed E-state index contributed by atoms with van der Waals surface area (Å²) in [6.07, 6.45) is 8.78. The summed E-state index contributed by atoms with van der Waals surface area (Å²) in [5, 5.41) is 3.96. The summed E-state index contributed by atoms with van der Waals surface area (Å²) in [6.45, 7) is 3.19. The maximum atomic E-state index is 5.21. The van der Waals surface area contributed by atoms with Crippen LogP contribution in [-0.4, -0.2) is 16.4 Å². The van der Waals surface area contributed by atoms with E-state index in [9.17, 15) is 0 Å². The van der Waals surface area contributed by atoms with Crippen LogP contribution in [-0.2, 0) is 6.54 Å². The van der Waals surface area contributed by atoms with Crippen molar-refractivity contribution < 1.29 is 4.74 Å². The second kappa shape index (κ2) is 4.45. The van der Waals surface area contributed by atoms with E-state index in [1.807, 2.05) is 0 Å². The van der Waals surface area contributed by atoms with Gasteiger partial charge in [0.25, 0.3) is 0 Å². The molecule has 1 aromatic heterocycles. The molecule has 0 aliphatic rings. The van der Waals surface area contributed by atoms with Crippen molar-refractivity contribution in [2.75, 3.05) is 6.61 Å². The molecule has 0 spiro atoms. The molecule has 0 aliphatic carbocycles. The Labute approximate surface area is 72.3 Å². The molecule has 0 atom stereocenters. The van der Waals surface area contributed by atoms with Crippen LogP contribution in [0.2, 0.25) is 0 Å². The minimum Gasteiger partial charge on any atom is -0.465 e. The van der Waals surface area contributed by atoms with Gasteiger partial charge in [-0.15, -0.1) is 6.42 Å². The first kappa shape index (κ1) is 8.66. The number of aromatic nitrogens is 2. The monoisotopic (exact) mass is 163 g/mol. The van der Waals surface area contributed by atoms with Gasteiger partial charge in [-0.05, 0) is 6.42 Å². The first-order chi connectivity index (χ1) is 5.88. The molecule has 3 nitrogen and oxygen atoms in total. The summed E-state index contributed by atoms with van der Waals surface area (Å²) in [7, 11) is 0. The van der Waals surface area contributed by atoms with Gasteiger partial charge in [0, 0.05) is 12.6 Å². The minimum atomic E-state index is 0.281. The van der Waals surface area contributed by atoms with Gasteiger partial charge in [0.05, 0.1) is 0 Å². The van der Waals surface area contributed by atoms with E-state index in [1.165, 1.54) is 0 Å². The Bertz CT molecular complexity index is 272. The molecule has 0 amide bonds. The van der Waals surface area contributed by atoms with Gasteiger partial charge in [-0.2, -0.15) is 5.10 Å². The molecule has 12 heavy (non-hydrogen) atoms. The largest absolute Gasteiger partial charge is 0.465 e. The van der Waals surface area contributed by atoms with Crippen LogP contribution in [0.25, 0.3) is 0 Å². The SMILES string of the molecule is C#CCOc1c[c]nn1CCC. The van der Waals surface area contributed by atoms with Crippen molar-refractivity contribution in [1.29, 1.82) is 0 Å². The predicted octanol–water partition coefficient (Wildman–Crippen LogP) is 1.11. The Hall–Kier alpha value is -1.43. The van der Waals surface area contributed by atoms with Crippen LogP contribution in [0.5, 0.6) is 5.88 Å². The number of nitrogens with zero attached hydrogens (tertiary/aromatic N) is 2. The van der Waals surface area contributed by atoms with Gasteiger partial charge in [-0.25, -0.2) is 4.68 Å². The summed E-state index contributed by atoms with van der Waals surface area (Å²) >= 11 is 0. The molecule has 1 heterocycles. The zero-order chi connectivity index (χ0) is 8.81. The first-order valence-electron chi connectivity index (χ1n) is 3.88. The highest BCUT2D eigenvalue weighted by Crippen LogP contribution is 2.08. The van der Waals surface area contributed by atoms with E-state index in [-0.39, 0.29) is 6.61 Å². The zero-order valence-corrected chi connectivity index (χ0v) is 7.08. The Morgan fingerprint density at radius 1 is 1.83 bits per heavy atom. The average Bonchev–Trinajstić information content (AvgIpc) is 2.50. The molecule has 1 aromatic rings. The third kappa shape index (κ3) is 2.03. The fraction of sp³-hybridized carbons (Fsp3) is 0.444. The van der Waals surface area contributed by atoms with E-state index in [0.29, 0.717) is 5.88 Å². The van der Waals surface area contributed by atoms with Crippen LogP contribution in [0.15, 0.2) is 6.07 Å². The number of hydrogen-bond donors (Lipinski definition) is 0. The Balaban J connectivity index is 2.58. The highest BCUT2D eigenvalue weighted by atomic mass is 16.5. The van der Waals surface area contributed by atoms with Crippen molar-refractivity contribution in [3.05, 3.63) is 12.3 Å². The van der Waals surface area contributed by atoms with Crippen LogP contribution in [0.4, 0.5) is 0 Å². The van der Waals surface area contributed by atoms with Crippen molar-refractivity contribution in [3.8, 4) is 18.2 Å². The molecule has 0 aromatic carbocycles. The summed E-state index contributed by atoms with van der Waals surface area (Å²) in [5.41, 5.74) is 0. The number of aryl methyl sites for hydroxylation is 1. The molecular weight excluding hydrogens is 152 g/mol. The lowest BCUT2D eigenvalue weighted by atomic mass is 10.5. The number of hydrogen-bond acceptors (Lipinski definition) is 2. The maximum absolute atomic E-state index is 5.21. The van der Waals surface area contributed by atoms with Crippen LogP contribution in [0.1, 0.15) is 13.3 Å². The topological polar surface area (TPSA) is 27.1 Å². The van der Waals surface area contributed by atoms with Gasteiger partial charge >= 0.3 is 0 Å². The molecule has 0 saturated heterocycles. The molecule has 0 N–H and O–H groups in total. The molecule has 0 saturated carbocycles. The van der Waals surface area contributed by atoms with Gasteiger partial charge in [0.1, 0.15) is 6.20 Å². The summed E-state index contributed by atoms with van der Waals surface area (Å²) in [5.74, 6) is 3.09. The smallest absolute Gasteiger partial charge is 0.213 e. The molecule has 0 aliphatic heterocycles. The van der Waals surface area contributed by atoms with E-state index in [4.69, 9.17) is 11.2 Å². The zero-order valence-electron chi connectivity index (χ0n) is 7.08. The molecule has 63 valence electrons.